The lowest BCUT2D eigenvalue weighted by Crippen LogP contribution is -2.30. The number of ether oxygens (including phenoxy) is 1. The molecule has 1 atom stereocenters. The van der Waals surface area contributed by atoms with E-state index in [-0.39, 0.29) is 11.3 Å². The fraction of sp³-hybridized carbons (Fsp3) is 0.400. The highest BCUT2D eigenvalue weighted by atomic mass is 16.5. The molecule has 6 nitrogen and oxygen atoms in total. The number of carbonyl (C=O) groups excluding carboxylic acids is 2. The predicted octanol–water partition coefficient (Wildman–Crippen LogP) is 4.73. The van der Waals surface area contributed by atoms with Gasteiger partial charge < -0.3 is 14.7 Å². The maximum absolute atomic E-state index is 13.0. The number of rotatable bonds is 9. The summed E-state index contributed by atoms with van der Waals surface area (Å²) in [5.74, 6) is -0.487. The zero-order chi connectivity index (χ0) is 22.4. The van der Waals surface area contributed by atoms with E-state index in [4.69, 9.17) is 4.74 Å². The number of Topliss-reactive ketones (excluding diaryl/α,β-unsaturated/α-hetero) is 1. The molecule has 0 radical (unpaired) electrons. The van der Waals surface area contributed by atoms with Gasteiger partial charge in [-0.3, -0.25) is 14.6 Å². The smallest absolute Gasteiger partial charge is 0.295 e. The van der Waals surface area contributed by atoms with Crippen molar-refractivity contribution in [2.45, 2.75) is 46.1 Å². The minimum absolute atomic E-state index is 0.0931. The Morgan fingerprint density at radius 3 is 2.68 bits per heavy atom. The van der Waals surface area contributed by atoms with Gasteiger partial charge in [-0.2, -0.15) is 0 Å². The lowest BCUT2D eigenvalue weighted by molar-refractivity contribution is -0.139. The average Bonchev–Trinajstić information content (AvgIpc) is 3.03. The van der Waals surface area contributed by atoms with Crippen molar-refractivity contribution in [2.24, 2.45) is 5.92 Å². The minimum Gasteiger partial charge on any atom is -0.507 e. The Kier molecular flexibility index (Phi) is 7.45. The van der Waals surface area contributed by atoms with Gasteiger partial charge in [0.25, 0.3) is 11.7 Å². The number of benzene rings is 1. The summed E-state index contributed by atoms with van der Waals surface area (Å²) in [6.45, 7) is 7.19. The fourth-order valence-corrected chi connectivity index (χ4v) is 3.68. The zero-order valence-corrected chi connectivity index (χ0v) is 18.4. The van der Waals surface area contributed by atoms with Crippen LogP contribution in [0.3, 0.4) is 0 Å². The van der Waals surface area contributed by atoms with E-state index >= 15 is 0 Å². The Labute approximate surface area is 183 Å². The molecule has 1 aliphatic rings. The lowest BCUT2D eigenvalue weighted by Gasteiger charge is -2.25. The number of aliphatic hydroxyl groups is 1. The third-order valence-corrected chi connectivity index (χ3v) is 5.23. The monoisotopic (exact) mass is 422 g/mol. The summed E-state index contributed by atoms with van der Waals surface area (Å²) < 4.78 is 5.76. The fourth-order valence-electron chi connectivity index (χ4n) is 3.68. The first-order valence-corrected chi connectivity index (χ1v) is 10.9. The van der Waals surface area contributed by atoms with E-state index in [1.165, 1.54) is 0 Å². The maximum Gasteiger partial charge on any atom is 0.295 e. The molecule has 1 aromatic carbocycles. The molecule has 0 spiro atoms. The molecule has 0 bridgehead atoms. The van der Waals surface area contributed by atoms with Crippen molar-refractivity contribution in [1.29, 1.82) is 0 Å². The van der Waals surface area contributed by atoms with Crippen LogP contribution in [-0.4, -0.2) is 39.8 Å². The molecule has 2 aromatic rings. The summed E-state index contributed by atoms with van der Waals surface area (Å²) in [4.78, 5) is 31.6. The van der Waals surface area contributed by atoms with Gasteiger partial charge in [0.2, 0.25) is 0 Å². The first-order chi connectivity index (χ1) is 14.9. The molecule has 1 aromatic heterocycles. The van der Waals surface area contributed by atoms with Crippen LogP contribution in [0, 0.1) is 5.92 Å². The van der Waals surface area contributed by atoms with Crippen LogP contribution in [0.5, 0.6) is 5.75 Å². The Morgan fingerprint density at radius 1 is 1.19 bits per heavy atom. The Morgan fingerprint density at radius 2 is 2.00 bits per heavy atom. The van der Waals surface area contributed by atoms with Crippen LogP contribution in [0.25, 0.3) is 5.76 Å². The number of aromatic nitrogens is 1. The molecule has 0 saturated carbocycles. The van der Waals surface area contributed by atoms with Gasteiger partial charge in [0, 0.05) is 24.5 Å². The molecule has 3 rings (SSSR count). The van der Waals surface area contributed by atoms with Crippen LogP contribution in [0.15, 0.2) is 54.4 Å². The van der Waals surface area contributed by atoms with E-state index < -0.39 is 17.7 Å². The van der Waals surface area contributed by atoms with Gasteiger partial charge in [0.1, 0.15) is 11.5 Å². The zero-order valence-electron chi connectivity index (χ0n) is 18.4. The highest BCUT2D eigenvalue weighted by molar-refractivity contribution is 6.46. The Bertz CT molecular complexity index is 953. The quantitative estimate of drug-likeness (QED) is 0.274. The molecular weight excluding hydrogens is 392 g/mol. The van der Waals surface area contributed by atoms with Crippen LogP contribution in [-0.2, 0) is 9.59 Å². The molecule has 31 heavy (non-hydrogen) atoms. The summed E-state index contributed by atoms with van der Waals surface area (Å²) >= 11 is 0. The number of aliphatic hydroxyl groups excluding tert-OH is 1. The van der Waals surface area contributed by atoms with Crippen LogP contribution < -0.4 is 4.74 Å². The molecule has 1 N–H and O–H groups in total. The number of amides is 1. The first kappa shape index (κ1) is 22.5. The van der Waals surface area contributed by atoms with Crippen molar-refractivity contribution in [2.75, 3.05) is 13.2 Å². The molecule has 1 amide bonds. The minimum atomic E-state index is -0.670. The van der Waals surface area contributed by atoms with Crippen molar-refractivity contribution in [3.05, 3.63) is 65.5 Å². The van der Waals surface area contributed by atoms with E-state index in [9.17, 15) is 14.7 Å². The molecule has 164 valence electrons. The summed E-state index contributed by atoms with van der Waals surface area (Å²) in [6.07, 6.45) is 6.03. The van der Waals surface area contributed by atoms with Crippen LogP contribution in [0.4, 0.5) is 0 Å². The van der Waals surface area contributed by atoms with E-state index in [1.54, 1.807) is 47.6 Å². The first-order valence-electron chi connectivity index (χ1n) is 10.9. The molecular formula is C25H30N2O4. The van der Waals surface area contributed by atoms with Crippen LogP contribution >= 0.6 is 0 Å². The van der Waals surface area contributed by atoms with E-state index in [0.717, 1.165) is 19.3 Å². The van der Waals surface area contributed by atoms with Gasteiger partial charge in [-0.25, -0.2) is 0 Å². The van der Waals surface area contributed by atoms with E-state index in [1.807, 2.05) is 6.07 Å². The molecule has 1 saturated heterocycles. The summed E-state index contributed by atoms with van der Waals surface area (Å²) in [5, 5.41) is 11.1. The van der Waals surface area contributed by atoms with E-state index in [0.29, 0.717) is 35.9 Å². The second kappa shape index (κ2) is 10.2. The standard InChI is InChI=1S/C25H30N2O4/c1-4-5-6-13-27-22(19-10-8-12-26-15-19)21(24(29)25(27)30)23(28)18-9-7-11-20(14-18)31-16-17(2)3/h7-12,14-15,17,22,28H,4-6,13,16H2,1-3H3/b23-21-. The van der Waals surface area contributed by atoms with Crippen molar-refractivity contribution >= 4 is 17.4 Å². The highest BCUT2D eigenvalue weighted by Gasteiger charge is 2.45. The number of pyridine rings is 1. The molecule has 6 heteroatoms. The van der Waals surface area contributed by atoms with Crippen molar-refractivity contribution in [1.82, 2.24) is 9.88 Å². The third kappa shape index (κ3) is 5.13. The van der Waals surface area contributed by atoms with Gasteiger partial charge in [0.05, 0.1) is 18.2 Å². The largest absolute Gasteiger partial charge is 0.507 e. The normalized spacial score (nSPS) is 18.1. The van der Waals surface area contributed by atoms with Crippen molar-refractivity contribution < 1.29 is 19.4 Å². The van der Waals surface area contributed by atoms with Gasteiger partial charge in [-0.1, -0.05) is 51.8 Å². The summed E-state index contributed by atoms with van der Waals surface area (Å²) in [7, 11) is 0. The number of likely N-dealkylation sites (tertiary alicyclic amines) is 1. The van der Waals surface area contributed by atoms with Gasteiger partial charge in [0.15, 0.2) is 0 Å². The number of unbranched alkanes of at least 4 members (excludes halogenated alkanes) is 2. The van der Waals surface area contributed by atoms with Crippen LogP contribution in [0.1, 0.15) is 57.2 Å². The lowest BCUT2D eigenvalue weighted by atomic mass is 9.96. The second-order valence-corrected chi connectivity index (χ2v) is 8.22. The number of carbonyl (C=O) groups is 2. The number of ketones is 1. The SMILES string of the molecule is CCCCCN1C(=O)C(=O)/C(=C(\O)c2cccc(OCC(C)C)c2)C1c1cccnc1. The number of hydrogen-bond donors (Lipinski definition) is 1. The highest BCUT2D eigenvalue weighted by Crippen LogP contribution is 2.39. The molecule has 1 fully saturated rings. The Hall–Kier alpha value is -3.15. The van der Waals surface area contributed by atoms with Gasteiger partial charge in [-0.05, 0) is 36.1 Å². The molecule has 2 heterocycles. The second-order valence-electron chi connectivity index (χ2n) is 8.22. The summed E-state index contributed by atoms with van der Waals surface area (Å²) in [6, 6.07) is 9.91. The van der Waals surface area contributed by atoms with Crippen LogP contribution in [0.2, 0.25) is 0 Å². The molecule has 1 aliphatic heterocycles. The number of hydrogen-bond acceptors (Lipinski definition) is 5. The third-order valence-electron chi connectivity index (χ3n) is 5.23. The summed E-state index contributed by atoms with van der Waals surface area (Å²) in [5.41, 5.74) is 1.24. The average molecular weight is 423 g/mol. The van der Waals surface area contributed by atoms with E-state index in [2.05, 4.69) is 25.8 Å². The predicted molar refractivity (Wildman–Crippen MR) is 120 cm³/mol. The van der Waals surface area contributed by atoms with Gasteiger partial charge >= 0.3 is 0 Å². The number of nitrogens with zero attached hydrogens (tertiary/aromatic N) is 2. The van der Waals surface area contributed by atoms with Crippen molar-refractivity contribution in [3.8, 4) is 5.75 Å². The molecule has 1 unspecified atom stereocenters. The van der Waals surface area contributed by atoms with Crippen molar-refractivity contribution in [3.63, 3.8) is 0 Å². The molecule has 0 aliphatic carbocycles. The topological polar surface area (TPSA) is 79.7 Å². The Balaban J connectivity index is 2.03. The maximum atomic E-state index is 13.0. The van der Waals surface area contributed by atoms with Gasteiger partial charge in [-0.15, -0.1) is 0 Å².